The Kier molecular flexibility index (Phi) is 5.54. The minimum atomic E-state index is 0.720. The molecule has 0 spiro atoms. The molecule has 0 radical (unpaired) electrons. The number of fused-ring (bicyclic) bond motifs is 1. The largest absolute Gasteiger partial charge is 0.367 e. The molecule has 31 heavy (non-hydrogen) atoms. The SMILES string of the molecule is Cc1cc(N2CCN(c3ccnc4cc(Cl)ccc34)CC2)nc(N2CCN(C)CC2)n1. The number of hydrogen-bond acceptors (Lipinski definition) is 7. The Balaban J connectivity index is 1.32. The average molecular weight is 438 g/mol. The molecule has 8 heteroatoms. The van der Waals surface area contributed by atoms with Crippen molar-refractivity contribution < 1.29 is 0 Å². The van der Waals surface area contributed by atoms with Gasteiger partial charge in [0.25, 0.3) is 0 Å². The second-order valence-electron chi connectivity index (χ2n) is 8.42. The van der Waals surface area contributed by atoms with Crippen molar-refractivity contribution in [2.45, 2.75) is 6.92 Å². The smallest absolute Gasteiger partial charge is 0.227 e. The molecule has 1 aromatic carbocycles. The van der Waals surface area contributed by atoms with Gasteiger partial charge in [-0.05, 0) is 38.2 Å². The van der Waals surface area contributed by atoms with Gasteiger partial charge in [-0.25, -0.2) is 4.98 Å². The quantitative estimate of drug-likeness (QED) is 0.624. The molecule has 3 aromatic rings. The van der Waals surface area contributed by atoms with Crippen LogP contribution in [0, 0.1) is 6.92 Å². The van der Waals surface area contributed by atoms with Crippen LogP contribution in [0.15, 0.2) is 36.5 Å². The number of piperazine rings is 2. The standard InChI is InChI=1S/C23H28ClN7/c1-17-15-22(27-23(26-17)31-9-7-28(2)8-10-31)30-13-11-29(12-14-30)21-5-6-25-20-16-18(24)3-4-19(20)21/h3-6,15-16H,7-14H2,1-2H3. The van der Waals surface area contributed by atoms with Crippen molar-refractivity contribution >= 4 is 40.0 Å². The molecule has 2 aliphatic heterocycles. The normalized spacial score (nSPS) is 18.1. The zero-order valence-corrected chi connectivity index (χ0v) is 18.9. The van der Waals surface area contributed by atoms with Crippen molar-refractivity contribution in [2.24, 2.45) is 0 Å². The molecule has 7 nitrogen and oxygen atoms in total. The second-order valence-corrected chi connectivity index (χ2v) is 8.86. The van der Waals surface area contributed by atoms with E-state index in [1.165, 1.54) is 5.69 Å². The highest BCUT2D eigenvalue weighted by Gasteiger charge is 2.22. The van der Waals surface area contributed by atoms with Crippen LogP contribution in [-0.4, -0.2) is 79.3 Å². The van der Waals surface area contributed by atoms with Gasteiger partial charge in [0.15, 0.2) is 0 Å². The van der Waals surface area contributed by atoms with Crippen LogP contribution < -0.4 is 14.7 Å². The molecule has 0 unspecified atom stereocenters. The molecule has 0 N–H and O–H groups in total. The van der Waals surface area contributed by atoms with Crippen LogP contribution in [-0.2, 0) is 0 Å². The van der Waals surface area contributed by atoms with Gasteiger partial charge in [0.05, 0.1) is 5.52 Å². The summed E-state index contributed by atoms with van der Waals surface area (Å²) >= 11 is 6.15. The van der Waals surface area contributed by atoms with Gasteiger partial charge in [0.1, 0.15) is 5.82 Å². The van der Waals surface area contributed by atoms with Gasteiger partial charge in [-0.1, -0.05) is 11.6 Å². The maximum Gasteiger partial charge on any atom is 0.227 e. The molecule has 2 fully saturated rings. The molecule has 0 saturated carbocycles. The molecule has 2 saturated heterocycles. The summed E-state index contributed by atoms with van der Waals surface area (Å²) in [7, 11) is 2.17. The highest BCUT2D eigenvalue weighted by Crippen LogP contribution is 2.29. The lowest BCUT2D eigenvalue weighted by atomic mass is 10.1. The summed E-state index contributed by atoms with van der Waals surface area (Å²) in [5, 5.41) is 1.87. The Morgan fingerprint density at radius 2 is 1.52 bits per heavy atom. The maximum atomic E-state index is 6.15. The number of anilines is 3. The zero-order valence-electron chi connectivity index (χ0n) is 18.1. The Morgan fingerprint density at radius 3 is 2.29 bits per heavy atom. The summed E-state index contributed by atoms with van der Waals surface area (Å²) in [4.78, 5) is 23.6. The first kappa shape index (κ1) is 20.3. The van der Waals surface area contributed by atoms with Gasteiger partial charge in [-0.15, -0.1) is 0 Å². The first-order valence-corrected chi connectivity index (χ1v) is 11.3. The molecule has 5 rings (SSSR count). The first-order valence-electron chi connectivity index (χ1n) is 10.9. The van der Waals surface area contributed by atoms with Crippen LogP contribution >= 0.6 is 11.6 Å². The Hall–Kier alpha value is -2.64. The molecule has 0 bridgehead atoms. The number of aryl methyl sites for hydroxylation is 1. The molecule has 2 aromatic heterocycles. The van der Waals surface area contributed by atoms with Crippen molar-refractivity contribution in [2.75, 3.05) is 74.1 Å². The lowest BCUT2D eigenvalue weighted by Gasteiger charge is -2.38. The van der Waals surface area contributed by atoms with E-state index in [4.69, 9.17) is 21.6 Å². The number of rotatable bonds is 3. The lowest BCUT2D eigenvalue weighted by Crippen LogP contribution is -2.47. The van der Waals surface area contributed by atoms with E-state index in [0.29, 0.717) is 0 Å². The Labute approximate surface area is 188 Å². The fourth-order valence-electron chi connectivity index (χ4n) is 4.40. The molecular weight excluding hydrogens is 410 g/mol. The fourth-order valence-corrected chi connectivity index (χ4v) is 4.57. The summed E-state index contributed by atoms with van der Waals surface area (Å²) in [6.45, 7) is 9.86. The molecule has 0 aliphatic carbocycles. The van der Waals surface area contributed by atoms with Crippen molar-refractivity contribution in [1.82, 2.24) is 19.9 Å². The third-order valence-corrected chi connectivity index (χ3v) is 6.48. The number of benzene rings is 1. The molecule has 4 heterocycles. The molecule has 162 valence electrons. The lowest BCUT2D eigenvalue weighted by molar-refractivity contribution is 0.311. The number of aromatic nitrogens is 3. The third kappa shape index (κ3) is 4.25. The van der Waals surface area contributed by atoms with Gasteiger partial charge in [0, 0.05) is 86.4 Å². The first-order chi connectivity index (χ1) is 15.1. The van der Waals surface area contributed by atoms with E-state index >= 15 is 0 Å². The van der Waals surface area contributed by atoms with E-state index in [-0.39, 0.29) is 0 Å². The minimum Gasteiger partial charge on any atom is -0.367 e. The fraction of sp³-hybridized carbons (Fsp3) is 0.435. The van der Waals surface area contributed by atoms with Gasteiger partial charge < -0.3 is 19.6 Å². The van der Waals surface area contributed by atoms with Crippen LogP contribution in [0.5, 0.6) is 0 Å². The van der Waals surface area contributed by atoms with Crippen LogP contribution in [0.3, 0.4) is 0 Å². The van der Waals surface area contributed by atoms with E-state index in [0.717, 1.165) is 85.7 Å². The van der Waals surface area contributed by atoms with Crippen LogP contribution in [0.2, 0.25) is 5.02 Å². The predicted octanol–water partition coefficient (Wildman–Crippen LogP) is 3.07. The molecule has 2 aliphatic rings. The summed E-state index contributed by atoms with van der Waals surface area (Å²) in [6, 6.07) is 10.2. The van der Waals surface area contributed by atoms with Crippen molar-refractivity contribution in [3.63, 3.8) is 0 Å². The third-order valence-electron chi connectivity index (χ3n) is 6.24. The maximum absolute atomic E-state index is 6.15. The van der Waals surface area contributed by atoms with Crippen LogP contribution in [0.4, 0.5) is 17.5 Å². The average Bonchev–Trinajstić information content (AvgIpc) is 2.78. The van der Waals surface area contributed by atoms with E-state index in [1.54, 1.807) is 0 Å². The summed E-state index contributed by atoms with van der Waals surface area (Å²) in [5.41, 5.74) is 3.19. The van der Waals surface area contributed by atoms with Crippen molar-refractivity contribution in [1.29, 1.82) is 0 Å². The summed E-state index contributed by atoms with van der Waals surface area (Å²) < 4.78 is 0. The zero-order chi connectivity index (χ0) is 21.4. The minimum absolute atomic E-state index is 0.720. The van der Waals surface area contributed by atoms with E-state index < -0.39 is 0 Å². The summed E-state index contributed by atoms with van der Waals surface area (Å²) in [6.07, 6.45) is 1.87. The Bertz CT molecular complexity index is 1070. The van der Waals surface area contributed by atoms with E-state index in [2.05, 4.69) is 56.8 Å². The molecule has 0 amide bonds. The summed E-state index contributed by atoms with van der Waals surface area (Å²) in [5.74, 6) is 1.90. The van der Waals surface area contributed by atoms with Gasteiger partial charge in [-0.3, -0.25) is 4.98 Å². The monoisotopic (exact) mass is 437 g/mol. The van der Waals surface area contributed by atoms with Crippen molar-refractivity contribution in [3.05, 3.63) is 47.2 Å². The Morgan fingerprint density at radius 1 is 0.806 bits per heavy atom. The van der Waals surface area contributed by atoms with E-state index in [1.807, 2.05) is 18.3 Å². The number of likely N-dealkylation sites (N-methyl/N-ethyl adjacent to an activating group) is 1. The highest BCUT2D eigenvalue weighted by molar-refractivity contribution is 6.31. The number of hydrogen-bond donors (Lipinski definition) is 0. The number of nitrogens with zero attached hydrogens (tertiary/aromatic N) is 7. The van der Waals surface area contributed by atoms with Crippen LogP contribution in [0.25, 0.3) is 10.9 Å². The van der Waals surface area contributed by atoms with Gasteiger partial charge in [0.2, 0.25) is 5.95 Å². The number of pyridine rings is 1. The van der Waals surface area contributed by atoms with Gasteiger partial charge >= 0.3 is 0 Å². The van der Waals surface area contributed by atoms with E-state index in [9.17, 15) is 0 Å². The second kappa shape index (κ2) is 8.48. The highest BCUT2D eigenvalue weighted by atomic mass is 35.5. The number of halogens is 1. The van der Waals surface area contributed by atoms with Crippen LogP contribution in [0.1, 0.15) is 5.69 Å². The molecular formula is C23H28ClN7. The molecule has 0 atom stereocenters. The van der Waals surface area contributed by atoms with Crippen molar-refractivity contribution in [3.8, 4) is 0 Å². The topological polar surface area (TPSA) is 51.6 Å². The predicted molar refractivity (Wildman–Crippen MR) is 128 cm³/mol. The van der Waals surface area contributed by atoms with Gasteiger partial charge in [-0.2, -0.15) is 4.98 Å².